The number of benzene rings is 1. The quantitative estimate of drug-likeness (QED) is 0.882. The summed E-state index contributed by atoms with van der Waals surface area (Å²) in [6, 6.07) is 5.45. The number of nitrogens with two attached hydrogens (primary N) is 1. The molecule has 2 rings (SSSR count). The van der Waals surface area contributed by atoms with Gasteiger partial charge >= 0.3 is 0 Å². The van der Waals surface area contributed by atoms with Crippen molar-refractivity contribution in [3.8, 4) is 0 Å². The third-order valence-electron chi connectivity index (χ3n) is 4.26. The normalized spacial score (nSPS) is 23.4. The zero-order valence-corrected chi connectivity index (χ0v) is 14.6. The zero-order valence-electron chi connectivity index (χ0n) is 12.2. The van der Waals surface area contributed by atoms with E-state index in [2.05, 4.69) is 0 Å². The van der Waals surface area contributed by atoms with Gasteiger partial charge in [0.25, 0.3) is 0 Å². The first-order chi connectivity index (χ1) is 9.51. The van der Waals surface area contributed by atoms with Crippen LogP contribution >= 0.6 is 35.6 Å². The van der Waals surface area contributed by atoms with Gasteiger partial charge in [0.2, 0.25) is 5.91 Å². The van der Waals surface area contributed by atoms with Gasteiger partial charge in [-0.2, -0.15) is 0 Å². The second kappa shape index (κ2) is 7.19. The molecule has 0 unspecified atom stereocenters. The zero-order chi connectivity index (χ0) is 14.9. The number of carbonyl (C=O) groups is 1. The summed E-state index contributed by atoms with van der Waals surface area (Å²) in [5.41, 5.74) is 6.23. The molecule has 1 aliphatic rings. The van der Waals surface area contributed by atoms with Crippen molar-refractivity contribution >= 4 is 41.5 Å². The monoisotopic (exact) mass is 350 g/mol. The summed E-state index contributed by atoms with van der Waals surface area (Å²) in [6.07, 6.45) is 0.788. The van der Waals surface area contributed by atoms with Crippen LogP contribution in [-0.4, -0.2) is 30.4 Å². The predicted octanol–water partition coefficient (Wildman–Crippen LogP) is 3.50. The number of amides is 1. The fraction of sp³-hybridized carbons (Fsp3) is 0.533. The van der Waals surface area contributed by atoms with E-state index in [1.54, 1.807) is 12.1 Å². The van der Waals surface area contributed by atoms with Crippen LogP contribution in [0.1, 0.15) is 25.8 Å². The molecule has 2 N–H and O–H groups in total. The maximum atomic E-state index is 12.8. The van der Waals surface area contributed by atoms with Crippen LogP contribution in [0.25, 0.3) is 0 Å². The Morgan fingerprint density at radius 3 is 2.38 bits per heavy atom. The Morgan fingerprint density at radius 1 is 1.33 bits per heavy atom. The van der Waals surface area contributed by atoms with Crippen molar-refractivity contribution in [2.24, 2.45) is 11.7 Å². The van der Waals surface area contributed by atoms with E-state index in [9.17, 15) is 4.79 Å². The molecule has 1 aliphatic carbocycles. The minimum Gasteiger partial charge on any atom is -0.342 e. The van der Waals surface area contributed by atoms with Crippen molar-refractivity contribution in [3.63, 3.8) is 0 Å². The first kappa shape index (κ1) is 18.6. The molecule has 0 aliphatic heterocycles. The van der Waals surface area contributed by atoms with E-state index >= 15 is 0 Å². The topological polar surface area (TPSA) is 46.3 Å². The van der Waals surface area contributed by atoms with Gasteiger partial charge in [-0.25, -0.2) is 0 Å². The van der Waals surface area contributed by atoms with E-state index in [0.29, 0.717) is 29.7 Å². The highest BCUT2D eigenvalue weighted by Crippen LogP contribution is 2.55. The van der Waals surface area contributed by atoms with Crippen LogP contribution in [0.5, 0.6) is 0 Å². The standard InChI is InChI=1S/C15H20Cl2N2O.ClH/c1-3-19(4-2)14(20)15(8-11(15)9-18)10-5-6-12(16)13(17)7-10;/h5-7,11H,3-4,8-9,18H2,1-2H3;1H/t11-,15+;/m1./s1. The fourth-order valence-corrected chi connectivity index (χ4v) is 3.22. The molecular weight excluding hydrogens is 331 g/mol. The third kappa shape index (κ3) is 3.16. The second-order valence-electron chi connectivity index (χ2n) is 5.21. The summed E-state index contributed by atoms with van der Waals surface area (Å²) in [5, 5.41) is 0.990. The van der Waals surface area contributed by atoms with Crippen molar-refractivity contribution in [1.29, 1.82) is 0 Å². The van der Waals surface area contributed by atoms with E-state index in [1.807, 2.05) is 24.8 Å². The molecule has 0 spiro atoms. The molecule has 0 bridgehead atoms. The summed E-state index contributed by atoms with van der Waals surface area (Å²) in [6.45, 7) is 5.90. The van der Waals surface area contributed by atoms with E-state index in [4.69, 9.17) is 28.9 Å². The first-order valence-corrected chi connectivity index (χ1v) is 7.71. The summed E-state index contributed by atoms with van der Waals surface area (Å²) in [5.74, 6) is 0.337. The average molecular weight is 352 g/mol. The van der Waals surface area contributed by atoms with Gasteiger partial charge in [-0.05, 0) is 50.4 Å². The molecule has 118 valence electrons. The van der Waals surface area contributed by atoms with E-state index < -0.39 is 5.41 Å². The smallest absolute Gasteiger partial charge is 0.233 e. The van der Waals surface area contributed by atoms with Crippen LogP contribution in [0, 0.1) is 5.92 Å². The highest BCUT2D eigenvalue weighted by atomic mass is 35.5. The minimum absolute atomic E-state index is 0. The minimum atomic E-state index is -0.505. The van der Waals surface area contributed by atoms with Crippen LogP contribution in [0.4, 0.5) is 0 Å². The number of likely N-dealkylation sites (N-methyl/N-ethyl adjacent to an activating group) is 1. The Kier molecular flexibility index (Phi) is 6.36. The summed E-state index contributed by atoms with van der Waals surface area (Å²) in [4.78, 5) is 14.7. The Bertz CT molecular complexity index is 520. The van der Waals surface area contributed by atoms with Crippen molar-refractivity contribution < 1.29 is 4.79 Å². The van der Waals surface area contributed by atoms with Crippen molar-refractivity contribution in [1.82, 2.24) is 4.90 Å². The van der Waals surface area contributed by atoms with Crippen LogP contribution in [-0.2, 0) is 10.2 Å². The molecule has 0 radical (unpaired) electrons. The number of nitrogens with zero attached hydrogens (tertiary/aromatic N) is 1. The Balaban J connectivity index is 0.00000220. The molecule has 0 heterocycles. The molecular formula is C15H21Cl3N2O. The molecule has 0 aromatic heterocycles. The van der Waals surface area contributed by atoms with Gasteiger partial charge in [-0.1, -0.05) is 29.3 Å². The molecule has 21 heavy (non-hydrogen) atoms. The van der Waals surface area contributed by atoms with Crippen LogP contribution in [0.2, 0.25) is 10.0 Å². The number of hydrogen-bond acceptors (Lipinski definition) is 2. The first-order valence-electron chi connectivity index (χ1n) is 6.96. The van der Waals surface area contributed by atoms with Gasteiger partial charge in [-0.3, -0.25) is 4.79 Å². The molecule has 0 saturated heterocycles. The number of rotatable bonds is 5. The molecule has 1 aromatic rings. The van der Waals surface area contributed by atoms with Gasteiger partial charge in [0.15, 0.2) is 0 Å². The molecule has 1 aromatic carbocycles. The molecule has 6 heteroatoms. The molecule has 1 amide bonds. The van der Waals surface area contributed by atoms with E-state index in [1.165, 1.54) is 0 Å². The molecule has 1 saturated carbocycles. The Hall–Kier alpha value is -0.480. The lowest BCUT2D eigenvalue weighted by Gasteiger charge is -2.26. The largest absolute Gasteiger partial charge is 0.342 e. The lowest BCUT2D eigenvalue weighted by molar-refractivity contribution is -0.134. The van der Waals surface area contributed by atoms with Gasteiger partial charge < -0.3 is 10.6 Å². The van der Waals surface area contributed by atoms with Crippen LogP contribution in [0.3, 0.4) is 0 Å². The number of halogens is 3. The number of hydrogen-bond donors (Lipinski definition) is 1. The maximum Gasteiger partial charge on any atom is 0.233 e. The maximum absolute atomic E-state index is 12.8. The lowest BCUT2D eigenvalue weighted by Crippen LogP contribution is -2.40. The molecule has 3 nitrogen and oxygen atoms in total. The van der Waals surface area contributed by atoms with Crippen LogP contribution < -0.4 is 5.73 Å². The summed E-state index contributed by atoms with van der Waals surface area (Å²) >= 11 is 12.1. The van der Waals surface area contributed by atoms with Crippen LogP contribution in [0.15, 0.2) is 18.2 Å². The molecule has 2 atom stereocenters. The van der Waals surface area contributed by atoms with Crippen molar-refractivity contribution in [2.75, 3.05) is 19.6 Å². The SMILES string of the molecule is CCN(CC)C(=O)[C@]1(c2ccc(Cl)c(Cl)c2)C[C@@H]1CN.Cl. The van der Waals surface area contributed by atoms with Crippen molar-refractivity contribution in [3.05, 3.63) is 33.8 Å². The second-order valence-corrected chi connectivity index (χ2v) is 6.03. The highest BCUT2D eigenvalue weighted by Gasteiger charge is 2.61. The fourth-order valence-electron chi connectivity index (χ4n) is 2.92. The van der Waals surface area contributed by atoms with Gasteiger partial charge in [-0.15, -0.1) is 12.4 Å². The van der Waals surface area contributed by atoms with E-state index in [0.717, 1.165) is 12.0 Å². The van der Waals surface area contributed by atoms with Gasteiger partial charge in [0.1, 0.15) is 0 Å². The number of carbonyl (C=O) groups excluding carboxylic acids is 1. The summed E-state index contributed by atoms with van der Waals surface area (Å²) in [7, 11) is 0. The predicted molar refractivity (Wildman–Crippen MR) is 90.5 cm³/mol. The average Bonchev–Trinajstić information content (AvgIpc) is 3.19. The van der Waals surface area contributed by atoms with Gasteiger partial charge in [0, 0.05) is 13.1 Å². The van der Waals surface area contributed by atoms with E-state index in [-0.39, 0.29) is 24.2 Å². The lowest BCUT2D eigenvalue weighted by atomic mass is 9.91. The van der Waals surface area contributed by atoms with Gasteiger partial charge in [0.05, 0.1) is 15.5 Å². The van der Waals surface area contributed by atoms with Crippen molar-refractivity contribution in [2.45, 2.75) is 25.7 Å². The molecule has 1 fully saturated rings. The highest BCUT2D eigenvalue weighted by molar-refractivity contribution is 6.42. The third-order valence-corrected chi connectivity index (χ3v) is 5.00. The summed E-state index contributed by atoms with van der Waals surface area (Å²) < 4.78 is 0. The Morgan fingerprint density at radius 2 is 1.95 bits per heavy atom. The Labute approximate surface area is 142 Å².